The Balaban J connectivity index is 3.20. The fourth-order valence-electron chi connectivity index (χ4n) is 3.30. The number of esters is 2. The van der Waals surface area contributed by atoms with Crippen LogP contribution >= 0.6 is 7.37 Å². The zero-order valence-electron chi connectivity index (χ0n) is 16.9. The molecule has 1 aliphatic heterocycles. The average molecular weight is 392 g/mol. The van der Waals surface area contributed by atoms with Gasteiger partial charge in [0.1, 0.15) is 24.2 Å². The van der Waals surface area contributed by atoms with Crippen LogP contribution in [0.15, 0.2) is 0 Å². The molecule has 1 saturated heterocycles. The minimum absolute atomic E-state index is 0.0337. The smallest absolute Gasteiger partial charge is 0.303 e. The quantitative estimate of drug-likeness (QED) is 0.461. The van der Waals surface area contributed by atoms with Crippen LogP contribution in [0.4, 0.5) is 0 Å². The number of carbonyl (C=O) groups is 2. The van der Waals surface area contributed by atoms with Crippen LogP contribution < -0.4 is 0 Å². The van der Waals surface area contributed by atoms with Crippen molar-refractivity contribution in [3.63, 3.8) is 0 Å². The van der Waals surface area contributed by atoms with Crippen LogP contribution in [0.5, 0.6) is 0 Å². The van der Waals surface area contributed by atoms with Gasteiger partial charge in [0.15, 0.2) is 0 Å². The first kappa shape index (κ1) is 23.1. The number of hydrogen-bond donors (Lipinski definition) is 0. The maximum atomic E-state index is 12.9. The van der Waals surface area contributed by atoms with Gasteiger partial charge in [0.2, 0.25) is 7.37 Å². The van der Waals surface area contributed by atoms with Crippen molar-refractivity contribution in [2.75, 3.05) is 13.3 Å². The van der Waals surface area contributed by atoms with E-state index >= 15 is 0 Å². The maximum absolute atomic E-state index is 12.9. The third-order valence-corrected chi connectivity index (χ3v) is 7.06. The summed E-state index contributed by atoms with van der Waals surface area (Å²) in [5.41, 5.74) is 0. The second kappa shape index (κ2) is 9.86. The molecule has 1 heterocycles. The summed E-state index contributed by atoms with van der Waals surface area (Å²) in [5.74, 6) is -1.70. The summed E-state index contributed by atoms with van der Waals surface area (Å²) in [6.45, 7) is 12.2. The van der Waals surface area contributed by atoms with Crippen molar-refractivity contribution >= 4 is 19.3 Å². The van der Waals surface area contributed by atoms with Gasteiger partial charge < -0.3 is 18.7 Å². The molecule has 1 rings (SSSR count). The summed E-state index contributed by atoms with van der Waals surface area (Å²) in [5, 5.41) is 0. The van der Waals surface area contributed by atoms with Crippen LogP contribution in [-0.4, -0.2) is 49.4 Å². The molecule has 7 atom stereocenters. The van der Waals surface area contributed by atoms with Crippen molar-refractivity contribution < 1.29 is 32.9 Å². The molecule has 152 valence electrons. The minimum atomic E-state index is -3.08. The summed E-state index contributed by atoms with van der Waals surface area (Å²) in [4.78, 5) is 23.2. The third kappa shape index (κ3) is 6.07. The lowest BCUT2D eigenvalue weighted by molar-refractivity contribution is -0.194. The van der Waals surface area contributed by atoms with Gasteiger partial charge >= 0.3 is 11.9 Å². The molecule has 0 amide bonds. The highest BCUT2D eigenvalue weighted by molar-refractivity contribution is 7.58. The molecule has 0 aromatic rings. The van der Waals surface area contributed by atoms with Gasteiger partial charge in [-0.15, -0.1) is 0 Å². The molecule has 0 bridgehead atoms. The van der Waals surface area contributed by atoms with E-state index in [2.05, 4.69) is 0 Å². The number of carbonyl (C=O) groups excluding carboxylic acids is 2. The highest BCUT2D eigenvalue weighted by Gasteiger charge is 2.48. The Kier molecular flexibility index (Phi) is 8.77. The maximum Gasteiger partial charge on any atom is 0.303 e. The van der Waals surface area contributed by atoms with Crippen molar-refractivity contribution in [1.29, 1.82) is 0 Å². The first-order chi connectivity index (χ1) is 12.0. The summed E-state index contributed by atoms with van der Waals surface area (Å²) in [7, 11) is -3.08. The molecule has 0 aliphatic carbocycles. The van der Waals surface area contributed by atoms with Crippen LogP contribution in [0.1, 0.15) is 54.4 Å². The lowest BCUT2D eigenvalue weighted by Gasteiger charge is -2.44. The normalized spacial score (nSPS) is 30.7. The van der Waals surface area contributed by atoms with Crippen molar-refractivity contribution in [3.8, 4) is 0 Å². The summed E-state index contributed by atoms with van der Waals surface area (Å²) in [6, 6.07) is 0. The van der Waals surface area contributed by atoms with Gasteiger partial charge in [-0.1, -0.05) is 20.8 Å². The van der Waals surface area contributed by atoms with Gasteiger partial charge in [0.25, 0.3) is 0 Å². The van der Waals surface area contributed by atoms with Crippen LogP contribution in [0.2, 0.25) is 0 Å². The van der Waals surface area contributed by atoms with Gasteiger partial charge in [0, 0.05) is 32.9 Å². The van der Waals surface area contributed by atoms with Gasteiger partial charge in [0.05, 0.1) is 6.61 Å². The predicted octanol–water partition coefficient (Wildman–Crippen LogP) is 3.59. The van der Waals surface area contributed by atoms with Crippen molar-refractivity contribution in [1.82, 2.24) is 0 Å². The lowest BCUT2D eigenvalue weighted by Crippen LogP contribution is -2.52. The second-order valence-corrected chi connectivity index (χ2v) is 9.74. The summed E-state index contributed by atoms with van der Waals surface area (Å²) >= 11 is 0. The Hall–Kier alpha value is -0.910. The van der Waals surface area contributed by atoms with E-state index < -0.39 is 43.5 Å². The molecule has 26 heavy (non-hydrogen) atoms. The molecule has 0 saturated carbocycles. The van der Waals surface area contributed by atoms with Crippen LogP contribution in [0, 0.1) is 11.8 Å². The van der Waals surface area contributed by atoms with Crippen molar-refractivity contribution in [2.24, 2.45) is 11.8 Å². The standard InChI is InChI=1S/C18H33O7P/c1-8-11(3)17(24-14(6)20)18-12(4)15(23-13(5)19)10-16(25-18)26(7,21)22-9-2/h11-12,15-18H,8-10H2,1-7H3/t11-,12-,15+,16?,17-,18-,26?/m1/s1. The van der Waals surface area contributed by atoms with Gasteiger partial charge in [-0.25, -0.2) is 0 Å². The first-order valence-corrected chi connectivity index (χ1v) is 11.4. The van der Waals surface area contributed by atoms with Gasteiger partial charge in [-0.2, -0.15) is 0 Å². The lowest BCUT2D eigenvalue weighted by atomic mass is 9.84. The number of ether oxygens (including phenoxy) is 3. The molecular weight excluding hydrogens is 359 g/mol. The minimum Gasteiger partial charge on any atom is -0.462 e. The molecule has 0 spiro atoms. The third-order valence-electron chi connectivity index (χ3n) is 4.91. The first-order valence-electron chi connectivity index (χ1n) is 9.25. The molecule has 0 radical (unpaired) electrons. The van der Waals surface area contributed by atoms with Crippen LogP contribution in [-0.2, 0) is 32.9 Å². The van der Waals surface area contributed by atoms with E-state index in [0.717, 1.165) is 6.42 Å². The Bertz CT molecular complexity index is 536. The van der Waals surface area contributed by atoms with E-state index in [9.17, 15) is 14.2 Å². The fourth-order valence-corrected chi connectivity index (χ4v) is 4.93. The largest absolute Gasteiger partial charge is 0.462 e. The Morgan fingerprint density at radius 1 is 1.23 bits per heavy atom. The fraction of sp³-hybridized carbons (Fsp3) is 0.889. The van der Waals surface area contributed by atoms with E-state index in [-0.39, 0.29) is 11.8 Å². The highest BCUT2D eigenvalue weighted by atomic mass is 31.2. The van der Waals surface area contributed by atoms with E-state index in [1.165, 1.54) is 20.5 Å². The summed E-state index contributed by atoms with van der Waals surface area (Å²) < 4.78 is 35.6. The molecule has 0 N–H and O–H groups in total. The van der Waals surface area contributed by atoms with Crippen LogP contribution in [0.3, 0.4) is 0 Å². The average Bonchev–Trinajstić information content (AvgIpc) is 2.53. The zero-order chi connectivity index (χ0) is 20.1. The van der Waals surface area contributed by atoms with Crippen molar-refractivity contribution in [2.45, 2.75) is 78.5 Å². The molecule has 1 aliphatic rings. The van der Waals surface area contributed by atoms with Gasteiger partial charge in [-0.05, 0) is 19.3 Å². The number of hydrogen-bond acceptors (Lipinski definition) is 7. The van der Waals surface area contributed by atoms with E-state index in [1.54, 1.807) is 6.92 Å². The molecule has 0 aromatic heterocycles. The molecule has 2 unspecified atom stereocenters. The zero-order valence-corrected chi connectivity index (χ0v) is 17.8. The van der Waals surface area contributed by atoms with Crippen LogP contribution in [0.25, 0.3) is 0 Å². The van der Waals surface area contributed by atoms with E-state index in [4.69, 9.17) is 18.7 Å². The van der Waals surface area contributed by atoms with Crippen molar-refractivity contribution in [3.05, 3.63) is 0 Å². The predicted molar refractivity (Wildman–Crippen MR) is 98.2 cm³/mol. The SMILES string of the molecule is CCOP(C)(=O)C1C[C@H](OC(C)=O)[C@@H](C)[C@H]([C@H](OC(C)=O)[C@H](C)CC)O1. The molecule has 0 aromatic carbocycles. The Labute approximate surface area is 156 Å². The second-order valence-electron chi connectivity index (χ2n) is 7.08. The van der Waals surface area contributed by atoms with E-state index in [0.29, 0.717) is 13.0 Å². The molecule has 7 nitrogen and oxygen atoms in total. The van der Waals surface area contributed by atoms with E-state index in [1.807, 2.05) is 20.8 Å². The molecular formula is C18H33O7P. The summed E-state index contributed by atoms with van der Waals surface area (Å²) in [6.07, 6.45) is -0.464. The monoisotopic (exact) mass is 392 g/mol. The number of rotatable bonds is 8. The Morgan fingerprint density at radius 3 is 2.31 bits per heavy atom. The Morgan fingerprint density at radius 2 is 1.85 bits per heavy atom. The topological polar surface area (TPSA) is 88.1 Å². The highest BCUT2D eigenvalue weighted by Crippen LogP contribution is 2.54. The molecule has 1 fully saturated rings. The van der Waals surface area contributed by atoms with Gasteiger partial charge in [-0.3, -0.25) is 14.2 Å². The molecule has 8 heteroatoms.